The fourth-order valence-corrected chi connectivity index (χ4v) is 2.39. The Hall–Kier alpha value is -1.94. The molecule has 0 fully saturated rings. The highest BCUT2D eigenvalue weighted by atomic mass is 32.2. The van der Waals surface area contributed by atoms with Gasteiger partial charge in [-0.25, -0.2) is 13.4 Å². The number of imidazole rings is 1. The third-order valence-corrected chi connectivity index (χ3v) is 3.59. The van der Waals surface area contributed by atoms with Crippen LogP contribution in [0.1, 0.15) is 19.2 Å². The molecule has 0 saturated heterocycles. The zero-order chi connectivity index (χ0) is 14.6. The SMILES string of the molecule is CCc1ncc(S(=O)(=O)N[C@@H](CC(=O)O)C(=O)O)[nH]1. The molecule has 1 aromatic rings. The van der Waals surface area contributed by atoms with Crippen LogP contribution in [0.25, 0.3) is 0 Å². The van der Waals surface area contributed by atoms with Gasteiger partial charge in [0, 0.05) is 6.42 Å². The van der Waals surface area contributed by atoms with Crippen molar-refractivity contribution in [1.29, 1.82) is 0 Å². The molecular formula is C9H13N3O6S. The fraction of sp³-hybridized carbons (Fsp3) is 0.444. The van der Waals surface area contributed by atoms with Gasteiger partial charge in [-0.05, 0) is 0 Å². The quantitative estimate of drug-likeness (QED) is 0.512. The van der Waals surface area contributed by atoms with E-state index in [0.29, 0.717) is 12.2 Å². The van der Waals surface area contributed by atoms with Gasteiger partial charge in [0.15, 0.2) is 5.03 Å². The van der Waals surface area contributed by atoms with Crippen LogP contribution in [-0.4, -0.2) is 46.6 Å². The second-order valence-electron chi connectivity index (χ2n) is 3.66. The van der Waals surface area contributed by atoms with Gasteiger partial charge in [-0.2, -0.15) is 4.72 Å². The van der Waals surface area contributed by atoms with Crippen molar-refractivity contribution in [2.75, 3.05) is 0 Å². The Morgan fingerprint density at radius 3 is 2.53 bits per heavy atom. The lowest BCUT2D eigenvalue weighted by atomic mass is 10.2. The first-order valence-corrected chi connectivity index (χ1v) is 6.75. The second-order valence-corrected chi connectivity index (χ2v) is 5.34. The molecule has 0 aliphatic carbocycles. The van der Waals surface area contributed by atoms with Crippen LogP contribution >= 0.6 is 0 Å². The number of rotatable bonds is 7. The first-order chi connectivity index (χ1) is 8.76. The first kappa shape index (κ1) is 15.1. The van der Waals surface area contributed by atoms with E-state index in [1.165, 1.54) is 0 Å². The van der Waals surface area contributed by atoms with E-state index in [-0.39, 0.29) is 5.03 Å². The van der Waals surface area contributed by atoms with Gasteiger partial charge in [-0.15, -0.1) is 0 Å². The topological polar surface area (TPSA) is 149 Å². The third kappa shape index (κ3) is 4.03. The van der Waals surface area contributed by atoms with Gasteiger partial charge in [0.05, 0.1) is 12.6 Å². The molecule has 106 valence electrons. The van der Waals surface area contributed by atoms with Crippen LogP contribution in [0.2, 0.25) is 0 Å². The minimum absolute atomic E-state index is 0.305. The van der Waals surface area contributed by atoms with Crippen LogP contribution < -0.4 is 4.72 Å². The maximum absolute atomic E-state index is 11.8. The van der Waals surface area contributed by atoms with Gasteiger partial charge >= 0.3 is 11.9 Å². The Bertz CT molecular complexity index is 579. The van der Waals surface area contributed by atoms with Crippen molar-refractivity contribution in [3.8, 4) is 0 Å². The molecule has 0 amide bonds. The largest absolute Gasteiger partial charge is 0.481 e. The lowest BCUT2D eigenvalue weighted by molar-refractivity contribution is -0.145. The number of carboxylic acid groups (broad SMARTS) is 2. The molecule has 4 N–H and O–H groups in total. The lowest BCUT2D eigenvalue weighted by Gasteiger charge is -2.11. The van der Waals surface area contributed by atoms with E-state index in [1.807, 2.05) is 0 Å². The maximum Gasteiger partial charge on any atom is 0.322 e. The van der Waals surface area contributed by atoms with Crippen LogP contribution in [-0.2, 0) is 26.0 Å². The lowest BCUT2D eigenvalue weighted by Crippen LogP contribution is -2.42. The molecule has 0 unspecified atom stereocenters. The molecule has 0 aromatic carbocycles. The Balaban J connectivity index is 2.93. The van der Waals surface area contributed by atoms with Gasteiger partial charge in [0.2, 0.25) is 0 Å². The van der Waals surface area contributed by atoms with E-state index < -0.39 is 34.4 Å². The zero-order valence-corrected chi connectivity index (χ0v) is 10.8. The standard InChI is InChI=1S/C9H13N3O6S/c1-2-6-10-4-7(11-6)19(17,18)12-5(9(15)16)3-8(13)14/h4-5,12H,2-3H2,1H3,(H,10,11)(H,13,14)(H,15,16)/t5-/m0/s1. The predicted octanol–water partition coefficient (Wildman–Crippen LogP) is -0.822. The highest BCUT2D eigenvalue weighted by Gasteiger charge is 2.28. The van der Waals surface area contributed by atoms with Crippen molar-refractivity contribution in [1.82, 2.24) is 14.7 Å². The zero-order valence-electron chi connectivity index (χ0n) is 9.95. The molecule has 1 rings (SSSR count). The number of hydrogen-bond donors (Lipinski definition) is 4. The average Bonchev–Trinajstić information content (AvgIpc) is 2.76. The third-order valence-electron chi connectivity index (χ3n) is 2.20. The van der Waals surface area contributed by atoms with Gasteiger partial charge in [0.1, 0.15) is 11.9 Å². The molecule has 0 aliphatic heterocycles. The van der Waals surface area contributed by atoms with Crippen LogP contribution in [0, 0.1) is 0 Å². The summed E-state index contributed by atoms with van der Waals surface area (Å²) >= 11 is 0. The molecule has 10 heteroatoms. The van der Waals surface area contributed by atoms with Crippen LogP contribution in [0.3, 0.4) is 0 Å². The highest BCUT2D eigenvalue weighted by Crippen LogP contribution is 2.08. The molecule has 0 aliphatic rings. The summed E-state index contributed by atoms with van der Waals surface area (Å²) in [7, 11) is -4.15. The smallest absolute Gasteiger partial charge is 0.322 e. The summed E-state index contributed by atoms with van der Waals surface area (Å²) in [5.74, 6) is -2.57. The van der Waals surface area contributed by atoms with Gasteiger partial charge in [-0.1, -0.05) is 6.92 Å². The van der Waals surface area contributed by atoms with Crippen molar-refractivity contribution in [3.05, 3.63) is 12.0 Å². The van der Waals surface area contributed by atoms with Crippen molar-refractivity contribution in [2.24, 2.45) is 0 Å². The fourth-order valence-electron chi connectivity index (χ4n) is 1.26. The van der Waals surface area contributed by atoms with Crippen LogP contribution in [0.4, 0.5) is 0 Å². The average molecular weight is 291 g/mol. The maximum atomic E-state index is 11.8. The van der Waals surface area contributed by atoms with Crippen LogP contribution in [0.15, 0.2) is 11.2 Å². The molecule has 19 heavy (non-hydrogen) atoms. The molecule has 0 saturated carbocycles. The summed E-state index contributed by atoms with van der Waals surface area (Å²) in [6, 6.07) is -1.74. The van der Waals surface area contributed by atoms with E-state index in [2.05, 4.69) is 9.97 Å². The number of aliphatic carboxylic acids is 2. The molecule has 0 spiro atoms. The monoisotopic (exact) mass is 291 g/mol. The number of sulfonamides is 1. The highest BCUT2D eigenvalue weighted by molar-refractivity contribution is 7.89. The molecule has 0 bridgehead atoms. The van der Waals surface area contributed by atoms with E-state index in [1.54, 1.807) is 11.6 Å². The van der Waals surface area contributed by atoms with Crippen molar-refractivity contribution < 1.29 is 28.2 Å². The number of H-pyrrole nitrogens is 1. The molecule has 9 nitrogen and oxygen atoms in total. The second kappa shape index (κ2) is 5.80. The molecule has 0 radical (unpaired) electrons. The van der Waals surface area contributed by atoms with Gasteiger partial charge in [-0.3, -0.25) is 9.59 Å². The summed E-state index contributed by atoms with van der Waals surface area (Å²) in [4.78, 5) is 27.5. The molecule has 1 heterocycles. The summed E-state index contributed by atoms with van der Waals surface area (Å²) in [5.41, 5.74) is 0. The Morgan fingerprint density at radius 2 is 2.11 bits per heavy atom. The van der Waals surface area contributed by atoms with Gasteiger partial charge < -0.3 is 15.2 Å². The van der Waals surface area contributed by atoms with E-state index in [4.69, 9.17) is 10.2 Å². The van der Waals surface area contributed by atoms with E-state index in [9.17, 15) is 18.0 Å². The number of nitrogens with zero attached hydrogens (tertiary/aromatic N) is 1. The van der Waals surface area contributed by atoms with Crippen LogP contribution in [0.5, 0.6) is 0 Å². The summed E-state index contributed by atoms with van der Waals surface area (Å²) in [6.45, 7) is 1.76. The number of hydrogen-bond acceptors (Lipinski definition) is 5. The minimum atomic E-state index is -4.15. The van der Waals surface area contributed by atoms with Gasteiger partial charge in [0.25, 0.3) is 10.0 Å². The number of carboxylic acids is 2. The summed E-state index contributed by atoms with van der Waals surface area (Å²) < 4.78 is 25.4. The predicted molar refractivity (Wildman–Crippen MR) is 62.0 cm³/mol. The summed E-state index contributed by atoms with van der Waals surface area (Å²) in [6.07, 6.45) is 0.664. The van der Waals surface area contributed by atoms with E-state index in [0.717, 1.165) is 6.20 Å². The Labute approximate surface area is 108 Å². The number of nitrogens with one attached hydrogen (secondary N) is 2. The first-order valence-electron chi connectivity index (χ1n) is 5.27. The van der Waals surface area contributed by atoms with Crippen molar-refractivity contribution in [3.63, 3.8) is 0 Å². The number of carbonyl (C=O) groups is 2. The molecular weight excluding hydrogens is 278 g/mol. The van der Waals surface area contributed by atoms with Crippen molar-refractivity contribution in [2.45, 2.75) is 30.8 Å². The molecule has 1 atom stereocenters. The Kier molecular flexibility index (Phi) is 4.62. The van der Waals surface area contributed by atoms with E-state index >= 15 is 0 Å². The Morgan fingerprint density at radius 1 is 1.47 bits per heavy atom. The number of aryl methyl sites for hydroxylation is 1. The minimum Gasteiger partial charge on any atom is -0.481 e. The van der Waals surface area contributed by atoms with Crippen molar-refractivity contribution >= 4 is 22.0 Å². The molecule has 1 aromatic heterocycles. The number of aromatic amines is 1. The normalized spacial score (nSPS) is 13.1. The summed E-state index contributed by atoms with van der Waals surface area (Å²) in [5, 5.41) is 17.0. The number of aromatic nitrogens is 2.